The molecule has 2 rings (SSSR count). The average molecular weight is 414 g/mol. The van der Waals surface area contributed by atoms with Gasteiger partial charge in [-0.15, -0.1) is 0 Å². The molecular weight excluding hydrogens is 391 g/mol. The molecule has 0 radical (unpaired) electrons. The predicted molar refractivity (Wildman–Crippen MR) is 98.7 cm³/mol. The summed E-state index contributed by atoms with van der Waals surface area (Å²) in [6, 6.07) is 3.77. The Morgan fingerprint density at radius 3 is 2.50 bits per heavy atom. The number of nitrogens with one attached hydrogen (secondary N) is 2. The number of sulfone groups is 1. The van der Waals surface area contributed by atoms with E-state index in [9.17, 15) is 27.2 Å². The molecule has 28 heavy (non-hydrogen) atoms. The number of rotatable bonds is 7. The molecule has 0 bridgehead atoms. The Labute approximate surface area is 162 Å². The predicted octanol–water partition coefficient (Wildman–Crippen LogP) is 0.427. The largest absolute Gasteiger partial charge is 0.454 e. The van der Waals surface area contributed by atoms with Crippen molar-refractivity contribution >= 4 is 27.6 Å². The van der Waals surface area contributed by atoms with Crippen LogP contribution < -0.4 is 10.6 Å². The minimum Gasteiger partial charge on any atom is -0.454 e. The number of amides is 2. The van der Waals surface area contributed by atoms with Crippen molar-refractivity contribution in [2.45, 2.75) is 32.4 Å². The molecule has 1 aliphatic rings. The number of carbonyl (C=O) groups is 3. The molecule has 1 aromatic rings. The van der Waals surface area contributed by atoms with Crippen molar-refractivity contribution < 1.29 is 31.9 Å². The molecule has 1 fully saturated rings. The standard InChI is InChI=1S/C18H23FN2O6S/c1-11(2)16(21-17(23)13-5-3-4-6-14(13)19)18(24)27-9-15(22)20-12-7-8-28(25,26)10-12/h3-6,11-12,16H,7-10H2,1-2H3,(H,20,22)(H,21,23)/t12?,16-/m0/s1. The third-order valence-corrected chi connectivity index (χ3v) is 6.04. The van der Waals surface area contributed by atoms with Crippen LogP contribution in [0.2, 0.25) is 0 Å². The minimum absolute atomic E-state index is 0.00916. The van der Waals surface area contributed by atoms with Gasteiger partial charge in [0.15, 0.2) is 16.4 Å². The highest BCUT2D eigenvalue weighted by Crippen LogP contribution is 2.12. The molecule has 8 nitrogen and oxygen atoms in total. The fraction of sp³-hybridized carbons (Fsp3) is 0.500. The molecule has 2 atom stereocenters. The number of hydrogen-bond acceptors (Lipinski definition) is 6. The van der Waals surface area contributed by atoms with Crippen molar-refractivity contribution in [3.05, 3.63) is 35.6 Å². The molecule has 2 N–H and O–H groups in total. The Morgan fingerprint density at radius 2 is 1.93 bits per heavy atom. The molecule has 1 saturated heterocycles. The molecule has 0 aromatic heterocycles. The lowest BCUT2D eigenvalue weighted by Crippen LogP contribution is -2.46. The summed E-state index contributed by atoms with van der Waals surface area (Å²) in [4.78, 5) is 36.4. The van der Waals surface area contributed by atoms with E-state index in [-0.39, 0.29) is 23.0 Å². The smallest absolute Gasteiger partial charge is 0.329 e. The molecule has 2 amide bonds. The fourth-order valence-electron chi connectivity index (χ4n) is 2.77. The highest BCUT2D eigenvalue weighted by molar-refractivity contribution is 7.91. The van der Waals surface area contributed by atoms with Gasteiger partial charge in [-0.1, -0.05) is 26.0 Å². The number of esters is 1. The highest BCUT2D eigenvalue weighted by atomic mass is 32.2. The molecule has 1 heterocycles. The van der Waals surface area contributed by atoms with Crippen LogP contribution in [0.15, 0.2) is 24.3 Å². The first-order valence-electron chi connectivity index (χ1n) is 8.81. The zero-order valence-electron chi connectivity index (χ0n) is 15.6. The lowest BCUT2D eigenvalue weighted by Gasteiger charge is -2.21. The average Bonchev–Trinajstić information content (AvgIpc) is 2.95. The number of halogens is 1. The van der Waals surface area contributed by atoms with Gasteiger partial charge in [-0.25, -0.2) is 17.6 Å². The monoisotopic (exact) mass is 414 g/mol. The van der Waals surface area contributed by atoms with Crippen LogP contribution in [0.25, 0.3) is 0 Å². The van der Waals surface area contributed by atoms with E-state index in [0.29, 0.717) is 6.42 Å². The first-order valence-corrected chi connectivity index (χ1v) is 10.6. The van der Waals surface area contributed by atoms with Crippen molar-refractivity contribution in [1.29, 1.82) is 0 Å². The van der Waals surface area contributed by atoms with Crippen LogP contribution in [0, 0.1) is 11.7 Å². The third kappa shape index (κ3) is 6.01. The second kappa shape index (κ2) is 9.13. The molecule has 1 aromatic carbocycles. The Bertz CT molecular complexity index is 855. The fourth-order valence-corrected chi connectivity index (χ4v) is 4.44. The van der Waals surface area contributed by atoms with E-state index in [1.54, 1.807) is 13.8 Å². The Balaban J connectivity index is 1.89. The number of benzene rings is 1. The van der Waals surface area contributed by atoms with Crippen LogP contribution >= 0.6 is 0 Å². The first kappa shape index (κ1) is 21.8. The van der Waals surface area contributed by atoms with E-state index in [1.807, 2.05) is 0 Å². The van der Waals surface area contributed by atoms with Crippen molar-refractivity contribution in [1.82, 2.24) is 10.6 Å². The van der Waals surface area contributed by atoms with Crippen molar-refractivity contribution in [3.8, 4) is 0 Å². The van der Waals surface area contributed by atoms with Crippen LogP contribution in [0.3, 0.4) is 0 Å². The summed E-state index contributed by atoms with van der Waals surface area (Å²) < 4.78 is 41.5. The second-order valence-electron chi connectivity index (χ2n) is 6.95. The SMILES string of the molecule is CC(C)[C@H](NC(=O)c1ccccc1F)C(=O)OCC(=O)NC1CCS(=O)(=O)C1. The van der Waals surface area contributed by atoms with Gasteiger partial charge in [-0.3, -0.25) is 9.59 Å². The molecule has 1 aliphatic heterocycles. The van der Waals surface area contributed by atoms with Crippen LogP contribution in [0.4, 0.5) is 4.39 Å². The van der Waals surface area contributed by atoms with Gasteiger partial charge in [0.1, 0.15) is 11.9 Å². The van der Waals surface area contributed by atoms with Crippen molar-refractivity contribution in [2.75, 3.05) is 18.1 Å². The second-order valence-corrected chi connectivity index (χ2v) is 9.18. The lowest BCUT2D eigenvalue weighted by atomic mass is 10.0. The Hall–Kier alpha value is -2.49. The Morgan fingerprint density at radius 1 is 1.25 bits per heavy atom. The summed E-state index contributed by atoms with van der Waals surface area (Å²) in [7, 11) is -3.14. The van der Waals surface area contributed by atoms with Crippen LogP contribution in [0.1, 0.15) is 30.6 Å². The van der Waals surface area contributed by atoms with E-state index < -0.39 is 52.1 Å². The van der Waals surface area contributed by atoms with Crippen LogP contribution in [-0.2, 0) is 24.2 Å². The van der Waals surface area contributed by atoms with Gasteiger partial charge < -0.3 is 15.4 Å². The van der Waals surface area contributed by atoms with Gasteiger partial charge in [0, 0.05) is 6.04 Å². The van der Waals surface area contributed by atoms with E-state index in [2.05, 4.69) is 10.6 Å². The van der Waals surface area contributed by atoms with E-state index in [1.165, 1.54) is 18.2 Å². The minimum atomic E-state index is -3.14. The summed E-state index contributed by atoms with van der Waals surface area (Å²) in [6.45, 7) is 2.72. The maximum absolute atomic E-state index is 13.7. The molecule has 10 heteroatoms. The zero-order valence-corrected chi connectivity index (χ0v) is 16.4. The van der Waals surface area contributed by atoms with Gasteiger partial charge in [0.2, 0.25) is 0 Å². The van der Waals surface area contributed by atoms with Gasteiger partial charge in [0.25, 0.3) is 11.8 Å². The summed E-state index contributed by atoms with van der Waals surface area (Å²) in [6.07, 6.45) is 0.315. The van der Waals surface area contributed by atoms with E-state index in [4.69, 9.17) is 4.74 Å². The van der Waals surface area contributed by atoms with E-state index >= 15 is 0 Å². The van der Waals surface area contributed by atoms with Crippen LogP contribution in [0.5, 0.6) is 0 Å². The maximum atomic E-state index is 13.7. The number of ether oxygens (including phenoxy) is 1. The quantitative estimate of drug-likeness (QED) is 0.625. The maximum Gasteiger partial charge on any atom is 0.329 e. The molecule has 154 valence electrons. The van der Waals surface area contributed by atoms with E-state index in [0.717, 1.165) is 6.07 Å². The molecule has 0 aliphatic carbocycles. The summed E-state index contributed by atoms with van der Waals surface area (Å²) in [5.74, 6) is -3.45. The first-order chi connectivity index (χ1) is 13.1. The number of hydrogen-bond donors (Lipinski definition) is 2. The third-order valence-electron chi connectivity index (χ3n) is 4.27. The molecule has 0 spiro atoms. The van der Waals surface area contributed by atoms with Gasteiger partial charge in [-0.05, 0) is 24.5 Å². The van der Waals surface area contributed by atoms with Crippen molar-refractivity contribution in [3.63, 3.8) is 0 Å². The molecule has 0 saturated carbocycles. The van der Waals surface area contributed by atoms with Gasteiger partial charge >= 0.3 is 5.97 Å². The Kier molecular flexibility index (Phi) is 7.11. The lowest BCUT2D eigenvalue weighted by molar-refractivity contribution is -0.151. The van der Waals surface area contributed by atoms with Gasteiger partial charge in [-0.2, -0.15) is 0 Å². The zero-order chi connectivity index (χ0) is 20.9. The normalized spacial score (nSPS) is 19.1. The highest BCUT2D eigenvalue weighted by Gasteiger charge is 2.30. The molecular formula is C18H23FN2O6S. The van der Waals surface area contributed by atoms with Gasteiger partial charge in [0.05, 0.1) is 17.1 Å². The van der Waals surface area contributed by atoms with Crippen molar-refractivity contribution in [2.24, 2.45) is 5.92 Å². The van der Waals surface area contributed by atoms with Crippen LogP contribution in [-0.4, -0.2) is 56.4 Å². The number of carbonyl (C=O) groups excluding carboxylic acids is 3. The topological polar surface area (TPSA) is 119 Å². The summed E-state index contributed by atoms with van der Waals surface area (Å²) in [5, 5.41) is 4.92. The summed E-state index contributed by atoms with van der Waals surface area (Å²) >= 11 is 0. The molecule has 1 unspecified atom stereocenters. The summed E-state index contributed by atoms with van der Waals surface area (Å²) in [5.41, 5.74) is -0.207.